The van der Waals surface area contributed by atoms with Gasteiger partial charge in [0.2, 0.25) is 0 Å². The van der Waals surface area contributed by atoms with Crippen molar-refractivity contribution < 1.29 is 23.2 Å². The molecule has 4 nitrogen and oxygen atoms in total. The second kappa shape index (κ2) is 5.93. The average molecular weight is 308 g/mol. The van der Waals surface area contributed by atoms with E-state index < -0.39 is 24.0 Å². The minimum atomic E-state index is -1.02. The van der Waals surface area contributed by atoms with Gasteiger partial charge in [0.05, 0.1) is 25.4 Å². The summed E-state index contributed by atoms with van der Waals surface area (Å²) in [5, 5.41) is 0. The quantitative estimate of drug-likeness (QED) is 0.796. The monoisotopic (exact) mass is 308 g/mol. The molecule has 1 saturated heterocycles. The van der Waals surface area contributed by atoms with E-state index in [1.807, 2.05) is 27.7 Å². The highest BCUT2D eigenvalue weighted by atomic mass is 19.1. The molecule has 120 valence electrons. The van der Waals surface area contributed by atoms with Crippen molar-refractivity contribution in [2.45, 2.75) is 38.9 Å². The van der Waals surface area contributed by atoms with Crippen molar-refractivity contribution in [2.75, 3.05) is 14.2 Å². The highest BCUT2D eigenvalue weighted by molar-refractivity contribution is 6.54. The Labute approximate surface area is 131 Å². The van der Waals surface area contributed by atoms with Crippen molar-refractivity contribution in [3.05, 3.63) is 29.5 Å². The summed E-state index contributed by atoms with van der Waals surface area (Å²) < 4.78 is 36.3. The SMILES string of the molecule is COc1ccc(C=C(F)B2OC(C)(C)C(C)(C)O2)c(OC)c1. The molecule has 1 fully saturated rings. The lowest BCUT2D eigenvalue weighted by Crippen LogP contribution is -2.41. The van der Waals surface area contributed by atoms with E-state index in [4.69, 9.17) is 18.8 Å². The highest BCUT2D eigenvalue weighted by Gasteiger charge is 2.53. The molecule has 0 spiro atoms. The van der Waals surface area contributed by atoms with Crippen LogP contribution in [0.3, 0.4) is 0 Å². The number of hydrogen-bond acceptors (Lipinski definition) is 4. The third kappa shape index (κ3) is 3.13. The standard InChI is InChI=1S/C16H22BFO4/c1-15(2)16(3,4)22-17(21-15)14(18)9-11-7-8-12(19-5)10-13(11)20-6/h7-10H,1-6H3. The van der Waals surface area contributed by atoms with E-state index in [0.29, 0.717) is 17.1 Å². The maximum atomic E-state index is 14.5. The molecular formula is C16H22BFO4. The second-order valence-corrected chi connectivity index (χ2v) is 6.23. The summed E-state index contributed by atoms with van der Waals surface area (Å²) in [5.41, 5.74) is -1.06. The Balaban J connectivity index is 2.27. The normalized spacial score (nSPS) is 20.1. The molecule has 0 radical (unpaired) electrons. The predicted octanol–water partition coefficient (Wildman–Crippen LogP) is 3.65. The largest absolute Gasteiger partial charge is 0.525 e. The van der Waals surface area contributed by atoms with E-state index >= 15 is 0 Å². The fraction of sp³-hybridized carbons (Fsp3) is 0.500. The van der Waals surface area contributed by atoms with Gasteiger partial charge < -0.3 is 18.8 Å². The van der Waals surface area contributed by atoms with Gasteiger partial charge in [0.1, 0.15) is 17.2 Å². The summed E-state index contributed by atoms with van der Waals surface area (Å²) >= 11 is 0. The maximum absolute atomic E-state index is 14.5. The molecule has 0 aromatic heterocycles. The van der Waals surface area contributed by atoms with Crippen LogP contribution < -0.4 is 9.47 Å². The molecule has 0 atom stereocenters. The Morgan fingerprint density at radius 3 is 2.18 bits per heavy atom. The van der Waals surface area contributed by atoms with Crippen LogP contribution in [0.5, 0.6) is 11.5 Å². The number of benzene rings is 1. The minimum Gasteiger partial charge on any atom is -0.497 e. The Kier molecular flexibility index (Phi) is 4.54. The Morgan fingerprint density at radius 1 is 1.09 bits per heavy atom. The van der Waals surface area contributed by atoms with Gasteiger partial charge in [-0.3, -0.25) is 0 Å². The molecule has 1 aromatic rings. The van der Waals surface area contributed by atoms with Crippen LogP contribution in [0.4, 0.5) is 4.39 Å². The lowest BCUT2D eigenvalue weighted by atomic mass is 9.86. The van der Waals surface area contributed by atoms with Crippen molar-refractivity contribution in [3.8, 4) is 11.5 Å². The van der Waals surface area contributed by atoms with E-state index in [2.05, 4.69) is 0 Å². The molecule has 1 aliphatic rings. The van der Waals surface area contributed by atoms with Crippen molar-refractivity contribution in [1.82, 2.24) is 0 Å². The molecule has 0 bridgehead atoms. The van der Waals surface area contributed by atoms with Gasteiger partial charge in [-0.15, -0.1) is 0 Å². The molecule has 1 aromatic carbocycles. The van der Waals surface area contributed by atoms with Gasteiger partial charge in [0.15, 0.2) is 0 Å². The van der Waals surface area contributed by atoms with Crippen LogP contribution in [0, 0.1) is 0 Å². The summed E-state index contributed by atoms with van der Waals surface area (Å²) in [7, 11) is 2.07. The van der Waals surface area contributed by atoms with Crippen LogP contribution in [-0.4, -0.2) is 32.5 Å². The van der Waals surface area contributed by atoms with E-state index in [-0.39, 0.29) is 0 Å². The van der Waals surface area contributed by atoms with Gasteiger partial charge in [-0.1, -0.05) is 0 Å². The van der Waals surface area contributed by atoms with E-state index in [9.17, 15) is 4.39 Å². The third-order valence-corrected chi connectivity index (χ3v) is 4.21. The van der Waals surface area contributed by atoms with Gasteiger partial charge in [-0.2, -0.15) is 0 Å². The van der Waals surface area contributed by atoms with Crippen LogP contribution >= 0.6 is 0 Å². The van der Waals surface area contributed by atoms with Crippen molar-refractivity contribution in [1.29, 1.82) is 0 Å². The molecule has 0 amide bonds. The molecule has 0 N–H and O–H groups in total. The van der Waals surface area contributed by atoms with Gasteiger partial charge in [-0.05, 0) is 45.9 Å². The maximum Gasteiger partial charge on any atom is 0.525 e. The summed E-state index contributed by atoms with van der Waals surface area (Å²) in [6.07, 6.45) is 1.36. The topological polar surface area (TPSA) is 36.9 Å². The zero-order chi connectivity index (χ0) is 16.5. The zero-order valence-corrected chi connectivity index (χ0v) is 13.9. The Hall–Kier alpha value is -1.53. The van der Waals surface area contributed by atoms with Crippen LogP contribution in [0.25, 0.3) is 6.08 Å². The van der Waals surface area contributed by atoms with Crippen molar-refractivity contribution in [3.63, 3.8) is 0 Å². The fourth-order valence-electron chi connectivity index (χ4n) is 2.11. The lowest BCUT2D eigenvalue weighted by Gasteiger charge is -2.32. The highest BCUT2D eigenvalue weighted by Crippen LogP contribution is 2.39. The first-order valence-corrected chi connectivity index (χ1v) is 7.15. The molecule has 6 heteroatoms. The van der Waals surface area contributed by atoms with E-state index in [1.165, 1.54) is 13.2 Å². The van der Waals surface area contributed by atoms with Crippen LogP contribution in [0.2, 0.25) is 0 Å². The number of methoxy groups -OCH3 is 2. The van der Waals surface area contributed by atoms with Gasteiger partial charge in [0, 0.05) is 11.6 Å². The third-order valence-electron chi connectivity index (χ3n) is 4.21. The van der Waals surface area contributed by atoms with Crippen LogP contribution in [-0.2, 0) is 9.31 Å². The van der Waals surface area contributed by atoms with E-state index in [0.717, 1.165) is 0 Å². The first-order valence-electron chi connectivity index (χ1n) is 7.15. The van der Waals surface area contributed by atoms with Crippen LogP contribution in [0.1, 0.15) is 33.3 Å². The predicted molar refractivity (Wildman–Crippen MR) is 84.7 cm³/mol. The number of hydrogen-bond donors (Lipinski definition) is 0. The zero-order valence-electron chi connectivity index (χ0n) is 13.9. The van der Waals surface area contributed by atoms with Crippen molar-refractivity contribution >= 4 is 13.2 Å². The molecule has 2 rings (SSSR count). The second-order valence-electron chi connectivity index (χ2n) is 6.23. The van der Waals surface area contributed by atoms with Gasteiger partial charge in [-0.25, -0.2) is 4.39 Å². The first-order chi connectivity index (χ1) is 10.2. The van der Waals surface area contributed by atoms with Gasteiger partial charge in [0.25, 0.3) is 0 Å². The van der Waals surface area contributed by atoms with Crippen molar-refractivity contribution in [2.24, 2.45) is 0 Å². The molecular weight excluding hydrogens is 286 g/mol. The summed E-state index contributed by atoms with van der Waals surface area (Å²) in [5.74, 6) is 1.16. The number of halogens is 1. The molecule has 0 unspecified atom stereocenters. The fourth-order valence-corrected chi connectivity index (χ4v) is 2.11. The Morgan fingerprint density at radius 2 is 1.68 bits per heavy atom. The molecule has 22 heavy (non-hydrogen) atoms. The first kappa shape index (κ1) is 16.8. The average Bonchev–Trinajstić information content (AvgIpc) is 2.68. The summed E-state index contributed by atoms with van der Waals surface area (Å²) in [6.45, 7) is 7.53. The lowest BCUT2D eigenvalue weighted by molar-refractivity contribution is 0.00578. The number of rotatable bonds is 4. The minimum absolute atomic E-state index is 0.498. The summed E-state index contributed by atoms with van der Waals surface area (Å²) in [4.78, 5) is 0. The van der Waals surface area contributed by atoms with Crippen LogP contribution in [0.15, 0.2) is 23.9 Å². The Bertz CT molecular complexity index is 568. The van der Waals surface area contributed by atoms with E-state index in [1.54, 1.807) is 25.3 Å². The molecule has 0 aliphatic carbocycles. The summed E-state index contributed by atoms with van der Waals surface area (Å²) in [6, 6.07) is 5.16. The number of ether oxygens (including phenoxy) is 2. The molecule has 1 aliphatic heterocycles. The molecule has 1 heterocycles. The smallest absolute Gasteiger partial charge is 0.497 e. The molecule has 0 saturated carbocycles. The van der Waals surface area contributed by atoms with Gasteiger partial charge >= 0.3 is 7.12 Å².